The summed E-state index contributed by atoms with van der Waals surface area (Å²) in [6, 6.07) is 4.89. The summed E-state index contributed by atoms with van der Waals surface area (Å²) < 4.78 is 38.6. The van der Waals surface area contributed by atoms with Gasteiger partial charge in [0.15, 0.2) is 0 Å². The molecule has 2 N–H and O–H groups in total. The van der Waals surface area contributed by atoms with Gasteiger partial charge in [0, 0.05) is 18.6 Å². The maximum atomic E-state index is 13.3. The molecule has 0 bridgehead atoms. The Balaban J connectivity index is 2.51. The van der Waals surface area contributed by atoms with Crippen molar-refractivity contribution in [3.63, 3.8) is 0 Å². The highest BCUT2D eigenvalue weighted by Gasteiger charge is 2.21. The van der Waals surface area contributed by atoms with Crippen LogP contribution in [0.4, 0.5) is 4.39 Å². The third-order valence-electron chi connectivity index (χ3n) is 2.34. The summed E-state index contributed by atoms with van der Waals surface area (Å²) in [5.74, 6) is -0.312. The maximum Gasteiger partial charge on any atom is 0.209 e. The Morgan fingerprint density at radius 3 is 2.53 bits per heavy atom. The van der Waals surface area contributed by atoms with Gasteiger partial charge in [0.25, 0.3) is 0 Å². The van der Waals surface area contributed by atoms with E-state index in [9.17, 15) is 12.8 Å². The number of hydrogen-bond acceptors (Lipinski definition) is 3. The van der Waals surface area contributed by atoms with Crippen LogP contribution in [-0.2, 0) is 16.6 Å². The van der Waals surface area contributed by atoms with Crippen LogP contribution in [0.2, 0.25) is 0 Å². The first-order valence-electron chi connectivity index (χ1n) is 5.73. The fourth-order valence-electron chi connectivity index (χ4n) is 1.71. The zero-order valence-electron chi connectivity index (χ0n) is 11.1. The standard InChI is InChI=1S/C12H18BrFN2O2S/c1-12(2,16-19(3,17)18)8-15-7-9-4-5-10(13)11(14)6-9/h4-6,15-16H,7-8H2,1-3H3. The van der Waals surface area contributed by atoms with Gasteiger partial charge in [-0.1, -0.05) is 6.07 Å². The zero-order valence-corrected chi connectivity index (χ0v) is 13.5. The Bertz CT molecular complexity index is 547. The minimum Gasteiger partial charge on any atom is -0.311 e. The number of halogens is 2. The molecule has 0 saturated carbocycles. The normalized spacial score (nSPS) is 12.7. The van der Waals surface area contributed by atoms with Crippen molar-refractivity contribution >= 4 is 26.0 Å². The fraction of sp³-hybridized carbons (Fsp3) is 0.500. The quantitative estimate of drug-likeness (QED) is 0.823. The number of nitrogens with one attached hydrogen (secondary N) is 2. The van der Waals surface area contributed by atoms with Crippen LogP contribution in [0.15, 0.2) is 22.7 Å². The van der Waals surface area contributed by atoms with Gasteiger partial charge < -0.3 is 5.32 Å². The number of rotatable bonds is 6. The van der Waals surface area contributed by atoms with Crippen molar-refractivity contribution in [1.82, 2.24) is 10.0 Å². The van der Waals surface area contributed by atoms with E-state index in [4.69, 9.17) is 0 Å². The van der Waals surface area contributed by atoms with Crippen LogP contribution < -0.4 is 10.0 Å². The van der Waals surface area contributed by atoms with Crippen LogP contribution in [0.25, 0.3) is 0 Å². The Morgan fingerprint density at radius 1 is 1.37 bits per heavy atom. The van der Waals surface area contributed by atoms with Gasteiger partial charge in [0.1, 0.15) is 5.82 Å². The van der Waals surface area contributed by atoms with Gasteiger partial charge in [-0.2, -0.15) is 0 Å². The number of sulfonamides is 1. The third-order valence-corrected chi connectivity index (χ3v) is 3.91. The lowest BCUT2D eigenvalue weighted by Crippen LogP contribution is -2.49. The second-order valence-electron chi connectivity index (χ2n) is 5.11. The van der Waals surface area contributed by atoms with Gasteiger partial charge >= 0.3 is 0 Å². The summed E-state index contributed by atoms with van der Waals surface area (Å²) in [4.78, 5) is 0. The summed E-state index contributed by atoms with van der Waals surface area (Å²) in [5.41, 5.74) is 0.206. The molecule has 0 aliphatic heterocycles. The predicted octanol–water partition coefficient (Wildman–Crippen LogP) is 2.01. The second-order valence-corrected chi connectivity index (χ2v) is 7.71. The van der Waals surface area contributed by atoms with Crippen LogP contribution in [0.3, 0.4) is 0 Å². The lowest BCUT2D eigenvalue weighted by molar-refractivity contribution is 0.421. The van der Waals surface area contributed by atoms with E-state index in [0.29, 0.717) is 17.6 Å². The van der Waals surface area contributed by atoms with E-state index >= 15 is 0 Å². The Morgan fingerprint density at radius 2 is 2.00 bits per heavy atom. The predicted molar refractivity (Wildman–Crippen MR) is 77.9 cm³/mol. The molecule has 0 aliphatic rings. The molecular formula is C12H18BrFN2O2S. The van der Waals surface area contributed by atoms with Crippen LogP contribution in [-0.4, -0.2) is 26.8 Å². The van der Waals surface area contributed by atoms with Crippen molar-refractivity contribution in [2.24, 2.45) is 0 Å². The molecular weight excluding hydrogens is 335 g/mol. The molecule has 0 atom stereocenters. The monoisotopic (exact) mass is 352 g/mol. The van der Waals surface area contributed by atoms with E-state index in [-0.39, 0.29) is 5.82 Å². The third kappa shape index (κ3) is 6.47. The van der Waals surface area contributed by atoms with E-state index in [1.54, 1.807) is 26.0 Å². The molecule has 0 fully saturated rings. The summed E-state index contributed by atoms with van der Waals surface area (Å²) in [5, 5.41) is 3.10. The molecule has 0 spiro atoms. The first-order valence-corrected chi connectivity index (χ1v) is 8.41. The summed E-state index contributed by atoms with van der Waals surface area (Å²) in [6.45, 7) is 4.48. The van der Waals surface area contributed by atoms with Crippen LogP contribution >= 0.6 is 15.9 Å². The summed E-state index contributed by atoms with van der Waals surface area (Å²) in [6.07, 6.45) is 1.12. The average molecular weight is 353 g/mol. The van der Waals surface area contributed by atoms with Crippen molar-refractivity contribution < 1.29 is 12.8 Å². The molecule has 1 aromatic rings. The highest BCUT2D eigenvalue weighted by Crippen LogP contribution is 2.16. The molecule has 19 heavy (non-hydrogen) atoms. The fourth-order valence-corrected chi connectivity index (χ4v) is 3.03. The number of hydrogen-bond donors (Lipinski definition) is 2. The molecule has 0 unspecified atom stereocenters. The topological polar surface area (TPSA) is 58.2 Å². The van der Waals surface area contributed by atoms with Crippen LogP contribution in [0, 0.1) is 5.82 Å². The molecule has 0 heterocycles. The molecule has 1 aromatic carbocycles. The molecule has 0 aliphatic carbocycles. The summed E-state index contributed by atoms with van der Waals surface area (Å²) in [7, 11) is -3.25. The molecule has 7 heteroatoms. The minimum absolute atomic E-state index is 0.312. The Labute approximate surface area is 122 Å². The zero-order chi connectivity index (χ0) is 14.7. The Hall–Kier alpha value is -0.500. The highest BCUT2D eigenvalue weighted by molar-refractivity contribution is 9.10. The van der Waals surface area contributed by atoms with Crippen LogP contribution in [0.1, 0.15) is 19.4 Å². The van der Waals surface area contributed by atoms with Crippen LogP contribution in [0.5, 0.6) is 0 Å². The molecule has 1 rings (SSSR count). The van der Waals surface area contributed by atoms with E-state index in [1.165, 1.54) is 6.07 Å². The Kier molecular flexibility index (Phi) is 5.49. The lowest BCUT2D eigenvalue weighted by Gasteiger charge is -2.25. The minimum atomic E-state index is -3.25. The van der Waals surface area contributed by atoms with Gasteiger partial charge in [0.2, 0.25) is 10.0 Å². The SMILES string of the molecule is CC(C)(CNCc1ccc(Br)c(F)c1)NS(C)(=O)=O. The van der Waals surface area contributed by atoms with E-state index in [0.717, 1.165) is 11.8 Å². The second kappa shape index (κ2) is 6.30. The van der Waals surface area contributed by atoms with Crippen molar-refractivity contribution in [3.8, 4) is 0 Å². The molecule has 0 amide bonds. The summed E-state index contributed by atoms with van der Waals surface area (Å²) >= 11 is 3.09. The maximum absolute atomic E-state index is 13.3. The molecule has 0 saturated heterocycles. The van der Waals surface area contributed by atoms with E-state index in [2.05, 4.69) is 26.0 Å². The van der Waals surface area contributed by atoms with Crippen molar-refractivity contribution in [1.29, 1.82) is 0 Å². The van der Waals surface area contributed by atoms with Crippen molar-refractivity contribution in [2.45, 2.75) is 25.9 Å². The van der Waals surface area contributed by atoms with Crippen molar-refractivity contribution in [3.05, 3.63) is 34.1 Å². The lowest BCUT2D eigenvalue weighted by atomic mass is 10.1. The average Bonchev–Trinajstić information content (AvgIpc) is 2.19. The molecule has 0 aromatic heterocycles. The number of benzene rings is 1. The largest absolute Gasteiger partial charge is 0.311 e. The van der Waals surface area contributed by atoms with Gasteiger partial charge in [-0.05, 0) is 47.5 Å². The van der Waals surface area contributed by atoms with E-state index in [1.807, 2.05) is 0 Å². The van der Waals surface area contributed by atoms with Gasteiger partial charge in [-0.3, -0.25) is 0 Å². The molecule has 108 valence electrons. The first-order chi connectivity index (χ1) is 8.59. The van der Waals surface area contributed by atoms with Gasteiger partial charge in [0.05, 0.1) is 10.7 Å². The van der Waals surface area contributed by atoms with Gasteiger partial charge in [-0.25, -0.2) is 17.5 Å². The first kappa shape index (κ1) is 16.6. The van der Waals surface area contributed by atoms with E-state index < -0.39 is 15.6 Å². The molecule has 0 radical (unpaired) electrons. The van der Waals surface area contributed by atoms with Crippen molar-refractivity contribution in [2.75, 3.05) is 12.8 Å². The van der Waals surface area contributed by atoms with Gasteiger partial charge in [-0.15, -0.1) is 0 Å². The molecule has 4 nitrogen and oxygen atoms in total. The smallest absolute Gasteiger partial charge is 0.209 e. The highest BCUT2D eigenvalue weighted by atomic mass is 79.9.